The first kappa shape index (κ1) is 27.7. The van der Waals surface area contributed by atoms with Gasteiger partial charge in [-0.1, -0.05) is 43.2 Å². The molecule has 2 aliphatic carbocycles. The molecular formula is C30H43N9O2. The highest BCUT2D eigenvalue weighted by atomic mass is 16.7. The van der Waals surface area contributed by atoms with Crippen molar-refractivity contribution in [2.24, 2.45) is 5.73 Å². The second kappa shape index (κ2) is 13.0. The molecule has 1 aromatic carbocycles. The van der Waals surface area contributed by atoms with E-state index in [4.69, 9.17) is 25.5 Å². The van der Waals surface area contributed by atoms with Crippen LogP contribution in [0.1, 0.15) is 75.8 Å². The molecule has 2 saturated carbocycles. The maximum atomic E-state index is 12.3. The summed E-state index contributed by atoms with van der Waals surface area (Å²) in [5.41, 5.74) is 9.05. The second-order valence-corrected chi connectivity index (χ2v) is 11.8. The average molecular weight is 562 g/mol. The number of piperidine rings is 1. The number of hydrogen-bond donors (Lipinski definition) is 4. The van der Waals surface area contributed by atoms with Crippen LogP contribution in [-0.2, 0) is 11.3 Å². The van der Waals surface area contributed by atoms with Gasteiger partial charge in [-0.3, -0.25) is 0 Å². The minimum atomic E-state index is -0.401. The van der Waals surface area contributed by atoms with Gasteiger partial charge < -0.3 is 31.1 Å². The minimum Gasteiger partial charge on any atom is -0.365 e. The van der Waals surface area contributed by atoms with E-state index in [1.54, 1.807) is 5.06 Å². The molecule has 1 amide bonds. The number of nitrogens with zero attached hydrogens (tertiary/aromatic N) is 5. The number of anilines is 2. The number of hydrogen-bond acceptors (Lipinski definition) is 9. The predicted molar refractivity (Wildman–Crippen MR) is 160 cm³/mol. The van der Waals surface area contributed by atoms with Crippen molar-refractivity contribution in [3.63, 3.8) is 0 Å². The Morgan fingerprint density at radius 3 is 2.41 bits per heavy atom. The number of nitrogens with one attached hydrogen (secondary N) is 3. The summed E-state index contributed by atoms with van der Waals surface area (Å²) in [4.78, 5) is 32.6. The zero-order valence-corrected chi connectivity index (χ0v) is 23.8. The van der Waals surface area contributed by atoms with Crippen LogP contribution in [0.15, 0.2) is 36.7 Å². The molecule has 0 radical (unpaired) electrons. The average Bonchev–Trinajstić information content (AvgIpc) is 3.66. The molecule has 5 N–H and O–H groups in total. The van der Waals surface area contributed by atoms with Crippen molar-refractivity contribution in [3.05, 3.63) is 42.2 Å². The van der Waals surface area contributed by atoms with Gasteiger partial charge in [0.05, 0.1) is 6.33 Å². The van der Waals surface area contributed by atoms with Gasteiger partial charge in [-0.25, -0.2) is 9.78 Å². The second-order valence-electron chi connectivity index (χ2n) is 11.8. The van der Waals surface area contributed by atoms with Crippen LogP contribution >= 0.6 is 0 Å². The summed E-state index contributed by atoms with van der Waals surface area (Å²) >= 11 is 0. The quantitative estimate of drug-likeness (QED) is 0.300. The van der Waals surface area contributed by atoms with Crippen molar-refractivity contribution in [3.8, 4) is 0 Å². The number of amides is 1. The molecule has 1 saturated heterocycles. The van der Waals surface area contributed by atoms with E-state index in [1.807, 2.05) is 24.5 Å². The third kappa shape index (κ3) is 7.08. The van der Waals surface area contributed by atoms with Crippen LogP contribution < -0.4 is 21.7 Å². The minimum absolute atomic E-state index is 0.200. The highest BCUT2D eigenvalue weighted by Crippen LogP contribution is 2.34. The van der Waals surface area contributed by atoms with Gasteiger partial charge in [-0.15, -0.1) is 5.06 Å². The van der Waals surface area contributed by atoms with E-state index in [2.05, 4.69) is 32.7 Å². The lowest BCUT2D eigenvalue weighted by molar-refractivity contribution is -0.112. The Kier molecular flexibility index (Phi) is 8.81. The molecule has 3 fully saturated rings. The Morgan fingerprint density at radius 1 is 0.927 bits per heavy atom. The largest absolute Gasteiger partial charge is 0.426 e. The van der Waals surface area contributed by atoms with Gasteiger partial charge in [-0.05, 0) is 63.4 Å². The Labute approximate surface area is 241 Å². The molecule has 2 aromatic heterocycles. The number of rotatable bonds is 9. The summed E-state index contributed by atoms with van der Waals surface area (Å²) < 4.78 is 2.25. The lowest BCUT2D eigenvalue weighted by Gasteiger charge is -2.31. The molecule has 3 aromatic rings. The van der Waals surface area contributed by atoms with Crippen LogP contribution in [0.3, 0.4) is 0 Å². The van der Waals surface area contributed by atoms with E-state index < -0.39 is 6.09 Å². The number of carbonyl (C=O) groups excluding carboxylic acids is 1. The monoisotopic (exact) mass is 561 g/mol. The first-order chi connectivity index (χ1) is 20.1. The highest BCUT2D eigenvalue weighted by molar-refractivity contribution is 5.84. The number of benzene rings is 1. The first-order valence-electron chi connectivity index (χ1n) is 15.4. The van der Waals surface area contributed by atoms with Crippen molar-refractivity contribution >= 4 is 29.0 Å². The van der Waals surface area contributed by atoms with Gasteiger partial charge in [0.25, 0.3) is 0 Å². The summed E-state index contributed by atoms with van der Waals surface area (Å²) in [6, 6.07) is 11.4. The highest BCUT2D eigenvalue weighted by Gasteiger charge is 2.27. The molecule has 220 valence electrons. The number of fused-ring (bicyclic) bond motifs is 1. The third-order valence-electron chi connectivity index (χ3n) is 8.78. The summed E-state index contributed by atoms with van der Waals surface area (Å²) in [5.74, 6) is 1.44. The SMILES string of the molecule is NC1CCC(Nc2nc(NC3CCN(OC(=O)NCCc4ccccc4)CC3)c3ncn(C4CCCC4)c3n2)CC1. The van der Waals surface area contributed by atoms with Gasteiger partial charge in [0.15, 0.2) is 17.0 Å². The predicted octanol–water partition coefficient (Wildman–Crippen LogP) is 4.38. The molecule has 41 heavy (non-hydrogen) atoms. The van der Waals surface area contributed by atoms with Gasteiger partial charge in [0, 0.05) is 43.8 Å². The van der Waals surface area contributed by atoms with E-state index in [-0.39, 0.29) is 6.04 Å². The van der Waals surface area contributed by atoms with Crippen LogP contribution in [0.2, 0.25) is 0 Å². The number of carbonyl (C=O) groups is 1. The zero-order valence-electron chi connectivity index (χ0n) is 23.8. The number of imidazole rings is 1. The van der Waals surface area contributed by atoms with Gasteiger partial charge in [-0.2, -0.15) is 9.97 Å². The molecule has 0 unspecified atom stereocenters. The normalized spacial score (nSPS) is 22.6. The van der Waals surface area contributed by atoms with Gasteiger partial charge in [0.2, 0.25) is 5.95 Å². The standard InChI is InChI=1S/C30H43N9O2/c31-22-10-12-23(13-11-22)35-29-36-27(26-28(37-29)39(20-33-26)25-8-4-5-9-25)34-24-15-18-38(19-16-24)41-30(40)32-17-14-21-6-2-1-3-7-21/h1-3,6-7,20,22-25H,4-5,8-19,31H2,(H,32,40)(H2,34,35,36,37). The molecule has 0 spiro atoms. The molecule has 3 aliphatic rings. The first-order valence-corrected chi connectivity index (χ1v) is 15.4. The maximum absolute atomic E-state index is 12.3. The number of aromatic nitrogens is 4. The van der Waals surface area contributed by atoms with Crippen molar-refractivity contribution in [2.45, 2.75) is 94.8 Å². The van der Waals surface area contributed by atoms with Crippen molar-refractivity contribution in [1.82, 2.24) is 29.9 Å². The Morgan fingerprint density at radius 2 is 1.66 bits per heavy atom. The third-order valence-corrected chi connectivity index (χ3v) is 8.78. The van der Waals surface area contributed by atoms with Crippen molar-refractivity contribution < 1.29 is 9.63 Å². The molecule has 11 heteroatoms. The summed E-state index contributed by atoms with van der Waals surface area (Å²) in [5, 5.41) is 11.9. The fraction of sp³-hybridized carbons (Fsp3) is 0.600. The topological polar surface area (TPSA) is 135 Å². The van der Waals surface area contributed by atoms with Gasteiger partial charge >= 0.3 is 6.09 Å². The van der Waals surface area contributed by atoms with Crippen molar-refractivity contribution in [2.75, 3.05) is 30.3 Å². The fourth-order valence-electron chi connectivity index (χ4n) is 6.37. The number of hydroxylamine groups is 2. The molecule has 11 nitrogen and oxygen atoms in total. The molecule has 6 rings (SSSR count). The lowest BCUT2D eigenvalue weighted by Crippen LogP contribution is -2.42. The van der Waals surface area contributed by atoms with E-state index in [0.717, 1.165) is 61.9 Å². The van der Waals surface area contributed by atoms with Crippen LogP contribution in [0.4, 0.5) is 16.6 Å². The maximum Gasteiger partial charge on any atom is 0.426 e. The Balaban J connectivity index is 1.07. The summed E-state index contributed by atoms with van der Waals surface area (Å²) in [6.07, 6.45) is 12.9. The molecule has 0 atom stereocenters. The van der Waals surface area contributed by atoms with E-state index in [9.17, 15) is 4.79 Å². The molecule has 0 bridgehead atoms. The molecular weight excluding hydrogens is 518 g/mol. The van der Waals surface area contributed by atoms with E-state index in [0.29, 0.717) is 43.7 Å². The van der Waals surface area contributed by atoms with Crippen LogP contribution in [0.5, 0.6) is 0 Å². The molecule has 1 aliphatic heterocycles. The Bertz CT molecular complexity index is 1280. The Hall–Kier alpha value is -3.44. The zero-order chi connectivity index (χ0) is 28.0. The van der Waals surface area contributed by atoms with E-state index >= 15 is 0 Å². The van der Waals surface area contributed by atoms with Crippen molar-refractivity contribution in [1.29, 1.82) is 0 Å². The van der Waals surface area contributed by atoms with Crippen LogP contribution in [-0.4, -0.2) is 68.4 Å². The van der Waals surface area contributed by atoms with Crippen LogP contribution in [0.25, 0.3) is 11.2 Å². The fourth-order valence-corrected chi connectivity index (χ4v) is 6.37. The van der Waals surface area contributed by atoms with Gasteiger partial charge in [0.1, 0.15) is 0 Å². The van der Waals surface area contributed by atoms with Crippen LogP contribution in [0, 0.1) is 0 Å². The summed E-state index contributed by atoms with van der Waals surface area (Å²) in [6.45, 7) is 1.85. The molecule has 3 heterocycles. The van der Waals surface area contributed by atoms with E-state index in [1.165, 1.54) is 31.2 Å². The smallest absolute Gasteiger partial charge is 0.365 e. The lowest BCUT2D eigenvalue weighted by atomic mass is 9.92. The summed E-state index contributed by atoms with van der Waals surface area (Å²) in [7, 11) is 0. The number of nitrogens with two attached hydrogens (primary N) is 1.